The van der Waals surface area contributed by atoms with Crippen molar-refractivity contribution in [2.75, 3.05) is 4.90 Å². The van der Waals surface area contributed by atoms with Gasteiger partial charge in [-0.05, 0) is 121 Å². The van der Waals surface area contributed by atoms with Crippen LogP contribution in [0.2, 0.25) is 0 Å². The molecular formula is C33H29BrN4OS. The Kier molecular flexibility index (Phi) is 7.17. The highest BCUT2D eigenvalue weighted by atomic mass is 79.9. The molecule has 1 saturated heterocycles. The number of halogens is 1. The summed E-state index contributed by atoms with van der Waals surface area (Å²) in [6.45, 7) is 6.39. The number of nitrogens with zero attached hydrogens (tertiary/aromatic N) is 3. The Labute approximate surface area is 248 Å². The van der Waals surface area contributed by atoms with Gasteiger partial charge in [0, 0.05) is 27.7 Å². The summed E-state index contributed by atoms with van der Waals surface area (Å²) in [6.07, 6.45) is 1.83. The number of nitrogens with one attached hydrogen (secondary N) is 1. The largest absolute Gasteiger partial charge is 0.457 e. The molecule has 2 atom stereocenters. The molecule has 3 aromatic carbocycles. The van der Waals surface area contributed by atoms with Crippen molar-refractivity contribution in [3.8, 4) is 17.2 Å². The first-order valence-electron chi connectivity index (χ1n) is 13.2. The zero-order chi connectivity index (χ0) is 27.8. The lowest BCUT2D eigenvalue weighted by Crippen LogP contribution is -2.29. The van der Waals surface area contributed by atoms with Crippen LogP contribution in [0.4, 0.5) is 5.69 Å². The molecule has 0 spiro atoms. The van der Waals surface area contributed by atoms with E-state index in [1.165, 1.54) is 11.1 Å². The van der Waals surface area contributed by atoms with Crippen molar-refractivity contribution in [2.45, 2.75) is 32.9 Å². The van der Waals surface area contributed by atoms with Gasteiger partial charge in [-0.25, -0.2) is 0 Å². The van der Waals surface area contributed by atoms with E-state index in [0.717, 1.165) is 44.4 Å². The van der Waals surface area contributed by atoms with E-state index in [1.54, 1.807) is 0 Å². The molecule has 1 fully saturated rings. The zero-order valence-corrected chi connectivity index (χ0v) is 24.9. The number of aromatic nitrogens is 2. The predicted octanol–water partition coefficient (Wildman–Crippen LogP) is 8.53. The average Bonchev–Trinajstić information content (AvgIpc) is 3.46. The van der Waals surface area contributed by atoms with E-state index in [1.807, 2.05) is 60.8 Å². The van der Waals surface area contributed by atoms with Crippen LogP contribution in [-0.2, 0) is 0 Å². The molecule has 1 aliphatic heterocycles. The molecule has 0 aliphatic carbocycles. The molecule has 0 radical (unpaired) electrons. The number of pyridine rings is 1. The van der Waals surface area contributed by atoms with Crippen molar-refractivity contribution in [3.05, 3.63) is 136 Å². The van der Waals surface area contributed by atoms with E-state index in [4.69, 9.17) is 21.9 Å². The van der Waals surface area contributed by atoms with Crippen LogP contribution < -0.4 is 15.0 Å². The maximum Gasteiger partial charge on any atom is 0.174 e. The molecule has 0 amide bonds. The van der Waals surface area contributed by atoms with E-state index < -0.39 is 0 Å². The second-order valence-corrected chi connectivity index (χ2v) is 11.3. The van der Waals surface area contributed by atoms with Crippen LogP contribution in [0.5, 0.6) is 11.5 Å². The van der Waals surface area contributed by atoms with Gasteiger partial charge in [0.05, 0.1) is 23.5 Å². The number of thiocarbonyl (C=S) groups is 1. The molecule has 3 heterocycles. The van der Waals surface area contributed by atoms with Crippen LogP contribution >= 0.6 is 28.1 Å². The Morgan fingerprint density at radius 2 is 1.52 bits per heavy atom. The van der Waals surface area contributed by atoms with Crippen LogP contribution in [0.1, 0.15) is 40.3 Å². The second kappa shape index (κ2) is 10.9. The first-order chi connectivity index (χ1) is 19.4. The molecule has 0 bridgehead atoms. The molecule has 5 aromatic rings. The fourth-order valence-electron chi connectivity index (χ4n) is 5.46. The zero-order valence-electron chi connectivity index (χ0n) is 22.5. The van der Waals surface area contributed by atoms with Crippen molar-refractivity contribution < 1.29 is 4.74 Å². The lowest BCUT2D eigenvalue weighted by Gasteiger charge is -2.28. The van der Waals surface area contributed by atoms with Gasteiger partial charge < -0.3 is 19.5 Å². The smallest absolute Gasteiger partial charge is 0.174 e. The SMILES string of the molecule is Cc1ccc(Oc2ccc(N3C(=S)N[C@H](c4ccccn4)[C@@H]3c3cc(C)n(-c4ccccc4Br)c3C)cc2)cc1. The number of ether oxygens (including phenoxy) is 1. The minimum atomic E-state index is -0.120. The topological polar surface area (TPSA) is 42.3 Å². The molecule has 200 valence electrons. The second-order valence-electron chi connectivity index (χ2n) is 10.0. The van der Waals surface area contributed by atoms with Crippen molar-refractivity contribution >= 4 is 38.9 Å². The van der Waals surface area contributed by atoms with Crippen molar-refractivity contribution in [3.63, 3.8) is 0 Å². The first kappa shape index (κ1) is 26.3. The molecule has 2 aromatic heterocycles. The fourth-order valence-corrected chi connectivity index (χ4v) is 6.27. The van der Waals surface area contributed by atoms with E-state index in [2.05, 4.69) is 93.9 Å². The fraction of sp³-hybridized carbons (Fsp3) is 0.152. The third kappa shape index (κ3) is 4.91. The molecular weight excluding hydrogens is 580 g/mol. The lowest BCUT2D eigenvalue weighted by molar-refractivity contribution is 0.482. The molecule has 7 heteroatoms. The minimum Gasteiger partial charge on any atom is -0.457 e. The first-order valence-corrected chi connectivity index (χ1v) is 14.4. The van der Waals surface area contributed by atoms with Gasteiger partial charge in [0.15, 0.2) is 5.11 Å². The average molecular weight is 610 g/mol. The van der Waals surface area contributed by atoms with Gasteiger partial charge in [-0.1, -0.05) is 35.9 Å². The number of aryl methyl sites for hydroxylation is 2. The molecule has 5 nitrogen and oxygen atoms in total. The van der Waals surface area contributed by atoms with Crippen LogP contribution in [0.25, 0.3) is 5.69 Å². The molecule has 6 rings (SSSR count). The Balaban J connectivity index is 1.41. The van der Waals surface area contributed by atoms with Gasteiger partial charge in [-0.3, -0.25) is 4.98 Å². The van der Waals surface area contributed by atoms with Crippen molar-refractivity contribution in [1.82, 2.24) is 14.9 Å². The number of benzene rings is 3. The predicted molar refractivity (Wildman–Crippen MR) is 169 cm³/mol. The number of hydrogen-bond acceptors (Lipinski definition) is 3. The molecule has 1 aliphatic rings. The Morgan fingerprint density at radius 1 is 0.850 bits per heavy atom. The van der Waals surface area contributed by atoms with E-state index >= 15 is 0 Å². The summed E-state index contributed by atoms with van der Waals surface area (Å²) in [7, 11) is 0. The van der Waals surface area contributed by atoms with Gasteiger partial charge in [-0.2, -0.15) is 0 Å². The molecule has 0 unspecified atom stereocenters. The van der Waals surface area contributed by atoms with Crippen LogP contribution in [0, 0.1) is 20.8 Å². The molecule has 40 heavy (non-hydrogen) atoms. The summed E-state index contributed by atoms with van der Waals surface area (Å²) in [5.41, 5.74) is 7.74. The third-order valence-corrected chi connectivity index (χ3v) is 8.34. The standard InChI is InChI=1S/C33H29BrN4OS/c1-21-11-15-25(16-12-21)39-26-17-13-24(14-18-26)38-32(31(36-33(38)40)29-9-6-7-19-35-29)27-20-22(2)37(23(27)3)30-10-5-4-8-28(30)34/h4-20,31-32H,1-3H3,(H,36,40)/t31-,32+/m1/s1. The maximum absolute atomic E-state index is 6.09. The van der Waals surface area contributed by atoms with Crippen LogP contribution in [0.3, 0.4) is 0 Å². The maximum atomic E-state index is 6.09. The molecule has 0 saturated carbocycles. The molecule has 1 N–H and O–H groups in total. The van der Waals surface area contributed by atoms with Gasteiger partial charge in [-0.15, -0.1) is 0 Å². The van der Waals surface area contributed by atoms with Crippen LogP contribution in [0.15, 0.2) is 108 Å². The quantitative estimate of drug-likeness (QED) is 0.196. The summed E-state index contributed by atoms with van der Waals surface area (Å²) in [6, 6.07) is 32.6. The van der Waals surface area contributed by atoms with Gasteiger partial charge in [0.2, 0.25) is 0 Å². The summed E-state index contributed by atoms with van der Waals surface area (Å²) in [5, 5.41) is 4.24. The summed E-state index contributed by atoms with van der Waals surface area (Å²) in [5.74, 6) is 1.58. The van der Waals surface area contributed by atoms with Gasteiger partial charge in [0.25, 0.3) is 0 Å². The Morgan fingerprint density at radius 3 is 2.20 bits per heavy atom. The highest BCUT2D eigenvalue weighted by Gasteiger charge is 2.42. The monoisotopic (exact) mass is 608 g/mol. The van der Waals surface area contributed by atoms with E-state index in [0.29, 0.717) is 5.11 Å². The minimum absolute atomic E-state index is 0.103. The number of hydrogen-bond donors (Lipinski definition) is 1. The Bertz CT molecular complexity index is 1670. The Hall–Kier alpha value is -3.94. The van der Waals surface area contributed by atoms with Crippen molar-refractivity contribution in [1.29, 1.82) is 0 Å². The van der Waals surface area contributed by atoms with E-state index in [9.17, 15) is 0 Å². The van der Waals surface area contributed by atoms with Gasteiger partial charge in [0.1, 0.15) is 11.5 Å². The van der Waals surface area contributed by atoms with E-state index in [-0.39, 0.29) is 12.1 Å². The highest BCUT2D eigenvalue weighted by Crippen LogP contribution is 2.44. The normalized spacial score (nSPS) is 16.7. The number of rotatable bonds is 6. The van der Waals surface area contributed by atoms with Crippen LogP contribution in [-0.4, -0.2) is 14.7 Å². The summed E-state index contributed by atoms with van der Waals surface area (Å²) < 4.78 is 9.44. The number of anilines is 1. The van der Waals surface area contributed by atoms with Crippen molar-refractivity contribution in [2.24, 2.45) is 0 Å². The lowest BCUT2D eigenvalue weighted by atomic mass is 9.96. The summed E-state index contributed by atoms with van der Waals surface area (Å²) in [4.78, 5) is 6.92. The third-order valence-electron chi connectivity index (χ3n) is 7.35. The number of para-hydroxylation sites is 1. The highest BCUT2D eigenvalue weighted by molar-refractivity contribution is 9.10. The van der Waals surface area contributed by atoms with Gasteiger partial charge >= 0.3 is 0 Å². The summed E-state index contributed by atoms with van der Waals surface area (Å²) >= 11 is 9.71.